The molecule has 4 amide bonds. The summed E-state index contributed by atoms with van der Waals surface area (Å²) in [7, 11) is 0. The maximum atomic E-state index is 13.5. The van der Waals surface area contributed by atoms with Crippen LogP contribution < -0.4 is 10.6 Å². The fourth-order valence-electron chi connectivity index (χ4n) is 5.16. The Kier molecular flexibility index (Phi) is 8.84. The van der Waals surface area contributed by atoms with E-state index in [2.05, 4.69) is 10.6 Å². The van der Waals surface area contributed by atoms with Gasteiger partial charge in [0.2, 0.25) is 0 Å². The lowest BCUT2D eigenvalue weighted by Gasteiger charge is -2.14. The Morgan fingerprint density at radius 3 is 2.09 bits per heavy atom. The SMILES string of the molecule is O=C(Nc1ccc(SCCCN2C(=O)c3ccccc3C2=O)cc1)/C(=C/c1cccc2ccccc12)NC(=O)c1ccccc1. The summed E-state index contributed by atoms with van der Waals surface area (Å²) in [5.41, 5.74) is 2.86. The number of thioether (sulfide) groups is 1. The zero-order chi connectivity index (χ0) is 31.2. The van der Waals surface area contributed by atoms with Crippen LogP contribution >= 0.6 is 11.8 Å². The van der Waals surface area contributed by atoms with E-state index in [-0.39, 0.29) is 23.4 Å². The highest BCUT2D eigenvalue weighted by Gasteiger charge is 2.34. The van der Waals surface area contributed by atoms with Crippen molar-refractivity contribution in [2.45, 2.75) is 11.3 Å². The van der Waals surface area contributed by atoms with Crippen LogP contribution in [0.3, 0.4) is 0 Å². The Bertz CT molecular complexity index is 1900. The van der Waals surface area contributed by atoms with E-state index in [1.54, 1.807) is 78.5 Å². The number of fused-ring (bicyclic) bond motifs is 2. The van der Waals surface area contributed by atoms with Gasteiger partial charge in [0.25, 0.3) is 23.6 Å². The number of benzene rings is 5. The molecule has 0 aliphatic carbocycles. The van der Waals surface area contributed by atoms with Gasteiger partial charge < -0.3 is 10.6 Å². The molecular formula is C37H29N3O4S. The standard InChI is InChI=1S/C37H29N3O4S/c41-34(26-11-2-1-3-12-26)39-33(24-27-14-8-13-25-10-4-5-15-30(25)27)35(42)38-28-18-20-29(21-19-28)45-23-9-22-40-36(43)31-16-6-7-17-32(31)37(40)44/h1-8,10-21,24H,9,22-23H2,(H,38,42)(H,39,41)/b33-24-. The molecule has 0 saturated heterocycles. The molecule has 2 N–H and O–H groups in total. The minimum Gasteiger partial charge on any atom is -0.321 e. The molecule has 0 aromatic heterocycles. The number of amides is 4. The van der Waals surface area contributed by atoms with Crippen LogP contribution in [0.25, 0.3) is 16.8 Å². The predicted molar refractivity (Wildman–Crippen MR) is 178 cm³/mol. The third-order valence-corrected chi connectivity index (χ3v) is 8.54. The first kappa shape index (κ1) is 29.6. The van der Waals surface area contributed by atoms with Crippen LogP contribution in [0.1, 0.15) is 43.1 Å². The second-order valence-electron chi connectivity index (χ2n) is 10.4. The van der Waals surface area contributed by atoms with Gasteiger partial charge in [0.05, 0.1) is 11.1 Å². The van der Waals surface area contributed by atoms with E-state index in [1.807, 2.05) is 60.7 Å². The Morgan fingerprint density at radius 1 is 0.711 bits per heavy atom. The highest BCUT2D eigenvalue weighted by molar-refractivity contribution is 7.99. The number of imide groups is 1. The van der Waals surface area contributed by atoms with Crippen LogP contribution in [0.4, 0.5) is 5.69 Å². The highest BCUT2D eigenvalue weighted by Crippen LogP contribution is 2.25. The second-order valence-corrected chi connectivity index (χ2v) is 11.6. The summed E-state index contributed by atoms with van der Waals surface area (Å²) in [6.45, 7) is 0.355. The van der Waals surface area contributed by atoms with E-state index in [1.165, 1.54) is 4.90 Å². The molecule has 8 heteroatoms. The van der Waals surface area contributed by atoms with Gasteiger partial charge in [-0.15, -0.1) is 11.8 Å². The first-order valence-electron chi connectivity index (χ1n) is 14.5. The summed E-state index contributed by atoms with van der Waals surface area (Å²) < 4.78 is 0. The molecule has 0 bridgehead atoms. The maximum Gasteiger partial charge on any atom is 0.272 e. The second kappa shape index (κ2) is 13.4. The first-order valence-corrected chi connectivity index (χ1v) is 15.5. The Hall–Kier alpha value is -5.47. The van der Waals surface area contributed by atoms with Crippen molar-refractivity contribution >= 4 is 57.9 Å². The molecule has 0 saturated carbocycles. The molecule has 0 unspecified atom stereocenters. The largest absolute Gasteiger partial charge is 0.321 e. The van der Waals surface area contributed by atoms with Crippen molar-refractivity contribution < 1.29 is 19.2 Å². The number of hydrogen-bond acceptors (Lipinski definition) is 5. The molecule has 45 heavy (non-hydrogen) atoms. The molecule has 222 valence electrons. The predicted octanol–water partition coefficient (Wildman–Crippen LogP) is 7.03. The van der Waals surface area contributed by atoms with Gasteiger partial charge in [-0.3, -0.25) is 24.1 Å². The van der Waals surface area contributed by atoms with E-state index < -0.39 is 5.91 Å². The molecule has 7 nitrogen and oxygen atoms in total. The van der Waals surface area contributed by atoms with Gasteiger partial charge in [-0.05, 0) is 83.1 Å². The Balaban J connectivity index is 1.10. The smallest absolute Gasteiger partial charge is 0.272 e. The molecule has 5 aromatic carbocycles. The van der Waals surface area contributed by atoms with E-state index in [9.17, 15) is 19.2 Å². The van der Waals surface area contributed by atoms with Crippen molar-refractivity contribution in [2.24, 2.45) is 0 Å². The number of nitrogens with zero attached hydrogens (tertiary/aromatic N) is 1. The number of carbonyl (C=O) groups is 4. The molecule has 1 aliphatic heterocycles. The Labute approximate surface area is 265 Å². The molecule has 0 spiro atoms. The molecule has 0 fully saturated rings. The molecule has 6 rings (SSSR count). The zero-order valence-corrected chi connectivity index (χ0v) is 25.1. The lowest BCUT2D eigenvalue weighted by molar-refractivity contribution is -0.113. The van der Waals surface area contributed by atoms with Gasteiger partial charge in [-0.25, -0.2) is 0 Å². The van der Waals surface area contributed by atoms with E-state index in [4.69, 9.17) is 0 Å². The van der Waals surface area contributed by atoms with Crippen molar-refractivity contribution in [1.82, 2.24) is 10.2 Å². The summed E-state index contributed by atoms with van der Waals surface area (Å²) in [6, 6.07) is 36.8. The number of carbonyl (C=O) groups excluding carboxylic acids is 4. The number of hydrogen-bond donors (Lipinski definition) is 2. The average Bonchev–Trinajstić information content (AvgIpc) is 3.32. The summed E-state index contributed by atoms with van der Waals surface area (Å²) in [4.78, 5) is 54.0. The summed E-state index contributed by atoms with van der Waals surface area (Å²) in [5.74, 6) is -0.606. The van der Waals surface area contributed by atoms with E-state index >= 15 is 0 Å². The van der Waals surface area contributed by atoms with Gasteiger partial charge in [-0.2, -0.15) is 0 Å². The summed E-state index contributed by atoms with van der Waals surface area (Å²) >= 11 is 1.60. The minimum absolute atomic E-state index is 0.117. The molecule has 5 aromatic rings. The van der Waals surface area contributed by atoms with E-state index in [0.717, 1.165) is 21.2 Å². The number of anilines is 1. The van der Waals surface area contributed by atoms with Gasteiger partial charge >= 0.3 is 0 Å². The fraction of sp³-hybridized carbons (Fsp3) is 0.0811. The minimum atomic E-state index is -0.450. The fourth-order valence-corrected chi connectivity index (χ4v) is 6.00. The van der Waals surface area contributed by atoms with Crippen molar-refractivity contribution in [3.05, 3.63) is 149 Å². The lowest BCUT2D eigenvalue weighted by Crippen LogP contribution is -2.31. The van der Waals surface area contributed by atoms with E-state index in [0.29, 0.717) is 41.1 Å². The third kappa shape index (κ3) is 6.71. The molecule has 1 heterocycles. The first-order chi connectivity index (χ1) is 22.0. The van der Waals surface area contributed by atoms with Crippen LogP contribution in [-0.4, -0.2) is 40.8 Å². The van der Waals surface area contributed by atoms with Crippen molar-refractivity contribution in [1.29, 1.82) is 0 Å². The molecular weight excluding hydrogens is 582 g/mol. The summed E-state index contributed by atoms with van der Waals surface area (Å²) in [6.07, 6.45) is 2.34. The lowest BCUT2D eigenvalue weighted by atomic mass is 10.0. The summed E-state index contributed by atoms with van der Waals surface area (Å²) in [5, 5.41) is 7.69. The van der Waals surface area contributed by atoms with Crippen LogP contribution in [0, 0.1) is 0 Å². The number of nitrogens with one attached hydrogen (secondary N) is 2. The quantitative estimate of drug-likeness (QED) is 0.0766. The maximum absolute atomic E-state index is 13.5. The van der Waals surface area contributed by atoms with Gasteiger partial charge in [0.15, 0.2) is 0 Å². The monoisotopic (exact) mass is 611 g/mol. The average molecular weight is 612 g/mol. The van der Waals surface area contributed by atoms with Crippen LogP contribution in [0.15, 0.2) is 132 Å². The van der Waals surface area contributed by atoms with Crippen LogP contribution in [-0.2, 0) is 4.79 Å². The van der Waals surface area contributed by atoms with Gasteiger partial charge in [0, 0.05) is 22.7 Å². The van der Waals surface area contributed by atoms with Crippen LogP contribution in [0.2, 0.25) is 0 Å². The topological polar surface area (TPSA) is 95.6 Å². The van der Waals surface area contributed by atoms with Gasteiger partial charge in [-0.1, -0.05) is 72.8 Å². The van der Waals surface area contributed by atoms with Crippen molar-refractivity contribution in [3.63, 3.8) is 0 Å². The third-order valence-electron chi connectivity index (χ3n) is 7.44. The normalized spacial score (nSPS) is 12.7. The zero-order valence-electron chi connectivity index (χ0n) is 24.2. The van der Waals surface area contributed by atoms with Crippen molar-refractivity contribution in [2.75, 3.05) is 17.6 Å². The molecule has 0 radical (unpaired) electrons. The number of rotatable bonds is 10. The van der Waals surface area contributed by atoms with Crippen molar-refractivity contribution in [3.8, 4) is 0 Å². The van der Waals surface area contributed by atoms with Gasteiger partial charge in [0.1, 0.15) is 5.70 Å². The molecule has 0 atom stereocenters. The van der Waals surface area contributed by atoms with Crippen LogP contribution in [0.5, 0.6) is 0 Å². The molecule has 1 aliphatic rings. The Morgan fingerprint density at radius 2 is 1.36 bits per heavy atom. The highest BCUT2D eigenvalue weighted by atomic mass is 32.2.